The average Bonchev–Trinajstić information content (AvgIpc) is 2.99. The summed E-state index contributed by atoms with van der Waals surface area (Å²) in [6.07, 6.45) is 2.33. The molecular formula is C34H42N2O5. The van der Waals surface area contributed by atoms with Crippen LogP contribution in [0, 0.1) is 0 Å². The number of nitrogens with zero attached hydrogens (tertiary/aromatic N) is 2. The Bertz CT molecular complexity index is 1230. The summed E-state index contributed by atoms with van der Waals surface area (Å²) in [5, 5.41) is 11.7. The van der Waals surface area contributed by atoms with E-state index in [1.54, 1.807) is 4.90 Å². The average molecular weight is 559 g/mol. The molecule has 1 amide bonds. The van der Waals surface area contributed by atoms with Gasteiger partial charge in [-0.3, -0.25) is 9.59 Å². The second-order valence-electron chi connectivity index (χ2n) is 11.0. The first-order valence-corrected chi connectivity index (χ1v) is 14.4. The zero-order valence-electron chi connectivity index (χ0n) is 24.4. The van der Waals surface area contributed by atoms with E-state index in [4.69, 9.17) is 9.47 Å². The van der Waals surface area contributed by atoms with Crippen LogP contribution in [0.5, 0.6) is 5.75 Å². The van der Waals surface area contributed by atoms with Crippen molar-refractivity contribution < 1.29 is 24.2 Å². The molecule has 0 radical (unpaired) electrons. The number of rotatable bonds is 12. The number of ether oxygens (including phenoxy) is 2. The maximum absolute atomic E-state index is 14.0. The van der Waals surface area contributed by atoms with Gasteiger partial charge in [0.25, 0.3) is 0 Å². The Labute approximate surface area is 243 Å². The van der Waals surface area contributed by atoms with Crippen molar-refractivity contribution >= 4 is 11.9 Å². The van der Waals surface area contributed by atoms with Crippen LogP contribution in [0.15, 0.2) is 84.9 Å². The number of esters is 1. The smallest absolute Gasteiger partial charge is 0.302 e. The van der Waals surface area contributed by atoms with Gasteiger partial charge in [-0.2, -0.15) is 0 Å². The predicted molar refractivity (Wildman–Crippen MR) is 160 cm³/mol. The van der Waals surface area contributed by atoms with E-state index in [-0.39, 0.29) is 11.9 Å². The molecule has 0 unspecified atom stereocenters. The molecule has 7 nitrogen and oxygen atoms in total. The Morgan fingerprint density at radius 1 is 0.878 bits per heavy atom. The third-order valence-electron chi connectivity index (χ3n) is 8.03. The lowest BCUT2D eigenvalue weighted by molar-refractivity contribution is -0.141. The molecule has 0 spiro atoms. The highest BCUT2D eigenvalue weighted by molar-refractivity contribution is 5.92. The maximum atomic E-state index is 14.0. The second kappa shape index (κ2) is 13.8. The van der Waals surface area contributed by atoms with E-state index in [2.05, 4.69) is 4.90 Å². The first-order valence-electron chi connectivity index (χ1n) is 14.4. The molecule has 3 aromatic rings. The summed E-state index contributed by atoms with van der Waals surface area (Å²) in [5.41, 5.74) is 0.944. The van der Waals surface area contributed by atoms with Crippen LogP contribution in [0.1, 0.15) is 49.3 Å². The molecule has 1 fully saturated rings. The molecule has 3 aromatic carbocycles. The molecule has 1 heterocycles. The van der Waals surface area contributed by atoms with E-state index in [1.165, 1.54) is 6.92 Å². The molecule has 218 valence electrons. The van der Waals surface area contributed by atoms with Crippen LogP contribution in [0.2, 0.25) is 0 Å². The summed E-state index contributed by atoms with van der Waals surface area (Å²) in [7, 11) is 3.64. The van der Waals surface area contributed by atoms with E-state index in [1.807, 2.05) is 99.0 Å². The minimum Gasteiger partial charge on any atom is -0.493 e. The van der Waals surface area contributed by atoms with Gasteiger partial charge in [-0.05, 0) is 43.0 Å². The number of aliphatic hydroxyl groups is 1. The molecular weight excluding hydrogens is 516 g/mol. The molecule has 1 aliphatic rings. The highest BCUT2D eigenvalue weighted by Crippen LogP contribution is 2.40. The second-order valence-corrected chi connectivity index (χ2v) is 11.0. The monoisotopic (exact) mass is 558 g/mol. The number of para-hydroxylation sites is 1. The van der Waals surface area contributed by atoms with Gasteiger partial charge in [0.2, 0.25) is 5.91 Å². The van der Waals surface area contributed by atoms with Gasteiger partial charge in [0, 0.05) is 46.1 Å². The van der Waals surface area contributed by atoms with E-state index >= 15 is 0 Å². The zero-order chi connectivity index (χ0) is 29.3. The molecule has 41 heavy (non-hydrogen) atoms. The lowest BCUT2D eigenvalue weighted by atomic mass is 9.70. The number of carbonyl (C=O) groups excluding carboxylic acids is 2. The fourth-order valence-electron chi connectivity index (χ4n) is 5.81. The van der Waals surface area contributed by atoms with Crippen molar-refractivity contribution in [1.29, 1.82) is 0 Å². The van der Waals surface area contributed by atoms with Gasteiger partial charge in [-0.1, -0.05) is 78.9 Å². The Morgan fingerprint density at radius 3 is 2.00 bits per heavy atom. The number of amides is 1. The molecule has 1 aliphatic heterocycles. The van der Waals surface area contributed by atoms with Crippen molar-refractivity contribution in [3.8, 4) is 5.75 Å². The summed E-state index contributed by atoms with van der Waals surface area (Å²) in [5.74, 6) is 0.417. The lowest BCUT2D eigenvalue weighted by Crippen LogP contribution is -2.49. The van der Waals surface area contributed by atoms with Gasteiger partial charge in [-0.15, -0.1) is 0 Å². The van der Waals surface area contributed by atoms with Crippen molar-refractivity contribution in [2.45, 2.75) is 43.6 Å². The van der Waals surface area contributed by atoms with Crippen LogP contribution < -0.4 is 4.74 Å². The number of hydrogen-bond acceptors (Lipinski definition) is 6. The van der Waals surface area contributed by atoms with Crippen molar-refractivity contribution in [3.05, 3.63) is 102 Å². The quantitative estimate of drug-likeness (QED) is 0.255. The molecule has 0 aromatic heterocycles. The summed E-state index contributed by atoms with van der Waals surface area (Å²) in [4.78, 5) is 29.0. The largest absolute Gasteiger partial charge is 0.493 e. The molecule has 4 rings (SSSR count). The fourth-order valence-corrected chi connectivity index (χ4v) is 5.81. The van der Waals surface area contributed by atoms with E-state index in [0.29, 0.717) is 64.3 Å². The number of benzene rings is 3. The minimum absolute atomic E-state index is 0.0585. The number of piperidine rings is 1. The highest BCUT2D eigenvalue weighted by atomic mass is 16.5. The molecule has 0 atom stereocenters. The summed E-state index contributed by atoms with van der Waals surface area (Å²) in [6, 6.07) is 27.8. The predicted octanol–water partition coefficient (Wildman–Crippen LogP) is 4.77. The van der Waals surface area contributed by atoms with Gasteiger partial charge in [0.1, 0.15) is 11.2 Å². The van der Waals surface area contributed by atoms with E-state index in [0.717, 1.165) is 16.7 Å². The molecule has 7 heteroatoms. The normalized spacial score (nSPS) is 15.2. The van der Waals surface area contributed by atoms with E-state index < -0.39 is 11.0 Å². The topological polar surface area (TPSA) is 79.3 Å². The van der Waals surface area contributed by atoms with Crippen LogP contribution in [0.3, 0.4) is 0 Å². The van der Waals surface area contributed by atoms with Crippen molar-refractivity contribution in [3.63, 3.8) is 0 Å². The van der Waals surface area contributed by atoms with Crippen LogP contribution >= 0.6 is 0 Å². The van der Waals surface area contributed by atoms with Crippen LogP contribution in [-0.4, -0.2) is 73.7 Å². The standard InChI is InChI=1S/C34H42N2O5/c1-27(37)40-25-12-26-41-31-18-11-10-17-30(31)33(39)19-22-36(23-20-33)24-21-34(32(38)35(2)3,28-13-6-4-7-14-28)29-15-8-5-9-16-29/h4-11,13-18,39H,12,19-26H2,1-3H3. The maximum Gasteiger partial charge on any atom is 0.302 e. The van der Waals surface area contributed by atoms with Gasteiger partial charge < -0.3 is 24.4 Å². The Hall–Kier alpha value is -3.68. The van der Waals surface area contributed by atoms with Gasteiger partial charge in [0.15, 0.2) is 0 Å². The van der Waals surface area contributed by atoms with Gasteiger partial charge >= 0.3 is 5.97 Å². The molecule has 0 aliphatic carbocycles. The molecule has 0 bridgehead atoms. The number of likely N-dealkylation sites (N-methyl/N-ethyl adjacent to an activating group) is 1. The van der Waals surface area contributed by atoms with Crippen LogP contribution in [0.25, 0.3) is 0 Å². The van der Waals surface area contributed by atoms with Crippen molar-refractivity contribution in [2.24, 2.45) is 0 Å². The van der Waals surface area contributed by atoms with Crippen LogP contribution in [0.4, 0.5) is 0 Å². The Kier molecular flexibility index (Phi) is 10.2. The van der Waals surface area contributed by atoms with Crippen LogP contribution in [-0.2, 0) is 25.3 Å². The minimum atomic E-state index is -1.00. The Morgan fingerprint density at radius 2 is 1.44 bits per heavy atom. The zero-order valence-corrected chi connectivity index (χ0v) is 24.4. The van der Waals surface area contributed by atoms with Crippen molar-refractivity contribution in [2.75, 3.05) is 46.9 Å². The third-order valence-corrected chi connectivity index (χ3v) is 8.03. The first-order chi connectivity index (χ1) is 19.8. The van der Waals surface area contributed by atoms with Gasteiger partial charge in [0.05, 0.1) is 18.8 Å². The number of hydrogen-bond donors (Lipinski definition) is 1. The van der Waals surface area contributed by atoms with Crippen molar-refractivity contribution in [1.82, 2.24) is 9.80 Å². The third kappa shape index (κ3) is 7.16. The molecule has 1 saturated heterocycles. The Balaban J connectivity index is 1.47. The fraction of sp³-hybridized carbons (Fsp3) is 0.412. The molecule has 1 N–H and O–H groups in total. The van der Waals surface area contributed by atoms with E-state index in [9.17, 15) is 14.7 Å². The first kappa shape index (κ1) is 30.3. The molecule has 0 saturated carbocycles. The SMILES string of the molecule is CC(=O)OCCCOc1ccccc1C1(O)CCN(CCC(C(=O)N(C)C)(c2ccccc2)c2ccccc2)CC1. The van der Waals surface area contributed by atoms with Gasteiger partial charge in [-0.25, -0.2) is 0 Å². The number of likely N-dealkylation sites (tertiary alicyclic amines) is 1. The lowest BCUT2D eigenvalue weighted by Gasteiger charge is -2.41. The highest BCUT2D eigenvalue weighted by Gasteiger charge is 2.44. The summed E-state index contributed by atoms with van der Waals surface area (Å²) in [6.45, 7) is 4.21. The number of carbonyl (C=O) groups is 2. The summed E-state index contributed by atoms with van der Waals surface area (Å²) < 4.78 is 11.0. The summed E-state index contributed by atoms with van der Waals surface area (Å²) >= 11 is 0.